The summed E-state index contributed by atoms with van der Waals surface area (Å²) in [4.78, 5) is 2.45. The first-order valence-corrected chi connectivity index (χ1v) is 7.17. The number of rotatable bonds is 3. The second-order valence-electron chi connectivity index (χ2n) is 6.42. The van der Waals surface area contributed by atoms with Gasteiger partial charge in [0.15, 0.2) is 0 Å². The molecule has 0 amide bonds. The summed E-state index contributed by atoms with van der Waals surface area (Å²) in [6.45, 7) is 9.94. The fourth-order valence-corrected chi connectivity index (χ4v) is 2.78. The van der Waals surface area contributed by atoms with Crippen molar-refractivity contribution in [3.63, 3.8) is 0 Å². The maximum Gasteiger partial charge on any atom is 0.0451 e. The molecule has 1 unspecified atom stereocenters. The first-order chi connectivity index (χ1) is 9.02. The first-order valence-electron chi connectivity index (χ1n) is 7.17. The lowest BCUT2D eigenvalue weighted by Crippen LogP contribution is -2.42. The van der Waals surface area contributed by atoms with Crippen LogP contribution in [-0.2, 0) is 0 Å². The summed E-state index contributed by atoms with van der Waals surface area (Å²) in [5, 5.41) is 12.8. The summed E-state index contributed by atoms with van der Waals surface area (Å²) < 4.78 is 0. The fourth-order valence-electron chi connectivity index (χ4n) is 2.78. The van der Waals surface area contributed by atoms with Crippen molar-refractivity contribution in [2.75, 3.05) is 31.1 Å². The molecule has 1 aliphatic rings. The molecule has 1 saturated heterocycles. The van der Waals surface area contributed by atoms with E-state index in [1.54, 1.807) is 0 Å². The highest BCUT2D eigenvalue weighted by atomic mass is 16.3. The summed E-state index contributed by atoms with van der Waals surface area (Å²) in [7, 11) is 0. The van der Waals surface area contributed by atoms with Crippen molar-refractivity contribution in [2.24, 2.45) is 5.41 Å². The summed E-state index contributed by atoms with van der Waals surface area (Å²) in [5.41, 5.74) is 2.80. The van der Waals surface area contributed by atoms with Gasteiger partial charge in [0.1, 0.15) is 0 Å². The van der Waals surface area contributed by atoms with Crippen LogP contribution in [0.2, 0.25) is 0 Å². The molecule has 1 heterocycles. The monoisotopic (exact) mass is 262 g/mol. The molecule has 1 aromatic rings. The van der Waals surface area contributed by atoms with Crippen LogP contribution in [0.25, 0.3) is 0 Å². The van der Waals surface area contributed by atoms with Gasteiger partial charge in [0, 0.05) is 38.0 Å². The number of hydrogen-bond donors (Lipinski definition) is 2. The molecule has 1 aromatic carbocycles. The Kier molecular flexibility index (Phi) is 4.48. The highest BCUT2D eigenvalue weighted by Gasteiger charge is 2.30. The Hall–Kier alpha value is -1.06. The molecule has 3 nitrogen and oxygen atoms in total. The van der Waals surface area contributed by atoms with Gasteiger partial charge in [-0.1, -0.05) is 31.5 Å². The third kappa shape index (κ3) is 3.71. The van der Waals surface area contributed by atoms with Gasteiger partial charge in [-0.2, -0.15) is 0 Å². The molecule has 0 aromatic heterocycles. The van der Waals surface area contributed by atoms with E-state index in [0.717, 1.165) is 26.1 Å². The first kappa shape index (κ1) is 14.4. The van der Waals surface area contributed by atoms with Crippen molar-refractivity contribution >= 4 is 5.69 Å². The number of hydrogen-bond acceptors (Lipinski definition) is 3. The molecule has 1 aliphatic heterocycles. The summed E-state index contributed by atoms with van der Waals surface area (Å²) >= 11 is 0. The molecule has 0 bridgehead atoms. The van der Waals surface area contributed by atoms with E-state index in [-0.39, 0.29) is 12.0 Å². The normalized spacial score (nSPS) is 23.2. The highest BCUT2D eigenvalue weighted by molar-refractivity contribution is 5.49. The second-order valence-corrected chi connectivity index (χ2v) is 6.42. The standard InChI is InChI=1S/C16H26N2O/c1-13-4-6-14(7-5-13)18-12-16(2,3)11-17-10-15(18)8-9-19/h4-7,15,17,19H,8-12H2,1-3H3. The lowest BCUT2D eigenvalue weighted by atomic mass is 9.92. The number of anilines is 1. The number of benzene rings is 1. The maximum atomic E-state index is 9.29. The van der Waals surface area contributed by atoms with E-state index in [0.29, 0.717) is 6.04 Å². The van der Waals surface area contributed by atoms with Crippen molar-refractivity contribution in [3.05, 3.63) is 29.8 Å². The molecule has 2 rings (SSSR count). The summed E-state index contributed by atoms with van der Waals surface area (Å²) in [5.74, 6) is 0. The van der Waals surface area contributed by atoms with Gasteiger partial charge in [-0.25, -0.2) is 0 Å². The van der Waals surface area contributed by atoms with Gasteiger partial charge in [0.2, 0.25) is 0 Å². The van der Waals surface area contributed by atoms with E-state index in [1.807, 2.05) is 0 Å². The summed E-state index contributed by atoms with van der Waals surface area (Å²) in [6.07, 6.45) is 0.816. The predicted molar refractivity (Wildman–Crippen MR) is 80.7 cm³/mol. The van der Waals surface area contributed by atoms with Crippen LogP contribution in [0.5, 0.6) is 0 Å². The third-order valence-electron chi connectivity index (χ3n) is 3.85. The Bertz CT molecular complexity index is 400. The van der Waals surface area contributed by atoms with Gasteiger partial charge in [0.25, 0.3) is 0 Å². The highest BCUT2D eigenvalue weighted by Crippen LogP contribution is 2.27. The van der Waals surface area contributed by atoms with Crippen LogP contribution in [0.1, 0.15) is 25.8 Å². The van der Waals surface area contributed by atoms with Crippen LogP contribution in [0.4, 0.5) is 5.69 Å². The molecule has 1 fully saturated rings. The minimum Gasteiger partial charge on any atom is -0.396 e. The Balaban J connectivity index is 2.26. The summed E-state index contributed by atoms with van der Waals surface area (Å²) in [6, 6.07) is 9.09. The van der Waals surface area contributed by atoms with E-state index in [2.05, 4.69) is 55.3 Å². The van der Waals surface area contributed by atoms with Gasteiger partial charge in [0.05, 0.1) is 0 Å². The third-order valence-corrected chi connectivity index (χ3v) is 3.85. The van der Waals surface area contributed by atoms with Crippen LogP contribution in [-0.4, -0.2) is 37.4 Å². The molecule has 1 atom stereocenters. The van der Waals surface area contributed by atoms with Crippen molar-refractivity contribution < 1.29 is 5.11 Å². The molecule has 0 aliphatic carbocycles. The zero-order valence-corrected chi connectivity index (χ0v) is 12.3. The van der Waals surface area contributed by atoms with E-state index < -0.39 is 0 Å². The molecule has 0 radical (unpaired) electrons. The Labute approximate surface area is 116 Å². The smallest absolute Gasteiger partial charge is 0.0451 e. The van der Waals surface area contributed by atoms with E-state index >= 15 is 0 Å². The predicted octanol–water partition coefficient (Wildman–Crippen LogP) is 2.18. The minimum absolute atomic E-state index is 0.245. The number of aliphatic hydroxyl groups is 1. The maximum absolute atomic E-state index is 9.29. The quantitative estimate of drug-likeness (QED) is 0.876. The Morgan fingerprint density at radius 3 is 2.63 bits per heavy atom. The molecule has 0 saturated carbocycles. The topological polar surface area (TPSA) is 35.5 Å². The Morgan fingerprint density at radius 1 is 1.32 bits per heavy atom. The van der Waals surface area contributed by atoms with Crippen LogP contribution in [0, 0.1) is 12.3 Å². The fraction of sp³-hybridized carbons (Fsp3) is 0.625. The van der Waals surface area contributed by atoms with E-state index in [1.165, 1.54) is 11.3 Å². The SMILES string of the molecule is Cc1ccc(N2CC(C)(C)CNCC2CCO)cc1. The van der Waals surface area contributed by atoms with Crippen LogP contribution < -0.4 is 10.2 Å². The van der Waals surface area contributed by atoms with Gasteiger partial charge in [-0.15, -0.1) is 0 Å². The number of aliphatic hydroxyl groups excluding tert-OH is 1. The molecule has 3 heteroatoms. The van der Waals surface area contributed by atoms with Gasteiger partial charge in [-0.05, 0) is 30.9 Å². The van der Waals surface area contributed by atoms with Crippen molar-refractivity contribution in [3.8, 4) is 0 Å². The number of nitrogens with zero attached hydrogens (tertiary/aromatic N) is 1. The lowest BCUT2D eigenvalue weighted by molar-refractivity contribution is 0.272. The minimum atomic E-state index is 0.245. The average Bonchev–Trinajstić information content (AvgIpc) is 2.50. The molecule has 0 spiro atoms. The Morgan fingerprint density at radius 2 is 2.00 bits per heavy atom. The number of nitrogens with one attached hydrogen (secondary N) is 1. The lowest BCUT2D eigenvalue weighted by Gasteiger charge is -2.35. The van der Waals surface area contributed by atoms with Crippen molar-refractivity contribution in [1.82, 2.24) is 5.32 Å². The average molecular weight is 262 g/mol. The molecular weight excluding hydrogens is 236 g/mol. The molecular formula is C16H26N2O. The van der Waals surface area contributed by atoms with Crippen LogP contribution in [0.3, 0.4) is 0 Å². The van der Waals surface area contributed by atoms with Crippen LogP contribution in [0.15, 0.2) is 24.3 Å². The van der Waals surface area contributed by atoms with Crippen LogP contribution >= 0.6 is 0 Å². The zero-order chi connectivity index (χ0) is 13.9. The zero-order valence-electron chi connectivity index (χ0n) is 12.3. The van der Waals surface area contributed by atoms with Gasteiger partial charge >= 0.3 is 0 Å². The molecule has 2 N–H and O–H groups in total. The van der Waals surface area contributed by atoms with E-state index in [4.69, 9.17) is 0 Å². The van der Waals surface area contributed by atoms with Gasteiger partial charge < -0.3 is 15.3 Å². The number of aryl methyl sites for hydroxylation is 1. The van der Waals surface area contributed by atoms with Crippen molar-refractivity contribution in [2.45, 2.75) is 33.2 Å². The van der Waals surface area contributed by atoms with E-state index in [9.17, 15) is 5.11 Å². The largest absolute Gasteiger partial charge is 0.396 e. The molecule has 19 heavy (non-hydrogen) atoms. The van der Waals surface area contributed by atoms with Gasteiger partial charge in [-0.3, -0.25) is 0 Å². The second kappa shape index (κ2) is 5.93. The molecule has 106 valence electrons. The van der Waals surface area contributed by atoms with Crippen molar-refractivity contribution in [1.29, 1.82) is 0 Å².